The predicted octanol–water partition coefficient (Wildman–Crippen LogP) is 3.19. The molecule has 0 heterocycles. The van der Waals surface area contributed by atoms with Crippen LogP contribution in [0.1, 0.15) is 23.7 Å². The van der Waals surface area contributed by atoms with Crippen LogP contribution in [0.2, 0.25) is 0 Å². The summed E-state index contributed by atoms with van der Waals surface area (Å²) in [6.07, 6.45) is -0.00955. The molecule has 148 valence electrons. The van der Waals surface area contributed by atoms with Gasteiger partial charge in [0.1, 0.15) is 23.4 Å². The van der Waals surface area contributed by atoms with Crippen LogP contribution < -0.4 is 5.32 Å². The van der Waals surface area contributed by atoms with Gasteiger partial charge in [0.05, 0.1) is 0 Å². The van der Waals surface area contributed by atoms with E-state index in [4.69, 9.17) is 5.11 Å². The first-order chi connectivity index (χ1) is 13.2. The normalized spacial score (nSPS) is 11.7. The lowest BCUT2D eigenvalue weighted by molar-refractivity contribution is -0.141. The highest BCUT2D eigenvalue weighted by Gasteiger charge is 2.21. The van der Waals surface area contributed by atoms with Gasteiger partial charge in [-0.3, -0.25) is 9.59 Å². The van der Waals surface area contributed by atoms with Gasteiger partial charge in [0.25, 0.3) is 0 Å². The van der Waals surface area contributed by atoms with Gasteiger partial charge in [-0.2, -0.15) is 0 Å². The van der Waals surface area contributed by atoms with Gasteiger partial charge in [-0.25, -0.2) is 13.6 Å². The Kier molecular flexibility index (Phi) is 7.11. The molecule has 0 saturated heterocycles. The van der Waals surface area contributed by atoms with E-state index in [0.717, 1.165) is 23.9 Å². The van der Waals surface area contributed by atoms with Gasteiger partial charge in [0.2, 0.25) is 11.0 Å². The van der Waals surface area contributed by atoms with Gasteiger partial charge in [-0.15, -0.1) is 0 Å². The number of halogens is 2. The molecule has 2 aromatic carbocycles. The van der Waals surface area contributed by atoms with Crippen molar-refractivity contribution in [2.45, 2.75) is 19.4 Å². The number of hydrogen-bond acceptors (Lipinski definition) is 5. The number of rotatable bonds is 7. The molecule has 0 aliphatic heterocycles. The Labute approximate surface area is 163 Å². The third kappa shape index (κ3) is 5.53. The summed E-state index contributed by atoms with van der Waals surface area (Å²) in [6, 6.07) is 5.57. The van der Waals surface area contributed by atoms with Gasteiger partial charge in [-0.05, 0) is 42.3 Å². The second-order valence-corrected chi connectivity index (χ2v) is 6.94. The Balaban J connectivity index is 2.20. The minimum Gasteiger partial charge on any atom is -0.508 e. The number of phenolic OH excluding ortho intramolecular Hbond substituents is 1. The van der Waals surface area contributed by atoms with Crippen LogP contribution in [0.25, 0.3) is 11.1 Å². The summed E-state index contributed by atoms with van der Waals surface area (Å²) in [4.78, 5) is 34.7. The summed E-state index contributed by atoms with van der Waals surface area (Å²) in [5, 5.41) is 20.5. The lowest BCUT2D eigenvalue weighted by Gasteiger charge is -2.13. The molecule has 3 N–H and O–H groups in total. The van der Waals surface area contributed by atoms with Crippen LogP contribution in [-0.2, 0) is 9.59 Å². The average Bonchev–Trinajstić information content (AvgIpc) is 2.60. The molecule has 1 amide bonds. The van der Waals surface area contributed by atoms with Gasteiger partial charge >= 0.3 is 5.97 Å². The van der Waals surface area contributed by atoms with Crippen LogP contribution >= 0.6 is 11.8 Å². The number of carboxylic acids is 1. The second-order valence-electron chi connectivity index (χ2n) is 5.87. The van der Waals surface area contributed by atoms with Crippen molar-refractivity contribution in [3.63, 3.8) is 0 Å². The van der Waals surface area contributed by atoms with Crippen molar-refractivity contribution in [3.05, 3.63) is 53.6 Å². The molecule has 0 bridgehead atoms. The SMILES string of the molecule is CC(=O)N[C@@H](CCSC(=O)c1cc(O)ccc1-c1ccc(F)cc1F)C(=O)O. The van der Waals surface area contributed by atoms with E-state index in [2.05, 4.69) is 5.32 Å². The first kappa shape index (κ1) is 21.4. The van der Waals surface area contributed by atoms with E-state index < -0.39 is 34.7 Å². The zero-order chi connectivity index (χ0) is 20.8. The molecule has 0 saturated carbocycles. The van der Waals surface area contributed by atoms with E-state index in [1.165, 1.54) is 25.1 Å². The maximum Gasteiger partial charge on any atom is 0.326 e. The van der Waals surface area contributed by atoms with E-state index in [0.29, 0.717) is 6.07 Å². The number of phenols is 1. The summed E-state index contributed by atoms with van der Waals surface area (Å²) < 4.78 is 27.3. The number of amides is 1. The molecule has 2 rings (SSSR count). The maximum atomic E-state index is 14.1. The smallest absolute Gasteiger partial charge is 0.326 e. The van der Waals surface area contributed by atoms with Crippen molar-refractivity contribution in [1.82, 2.24) is 5.32 Å². The molecule has 1 atom stereocenters. The molecule has 0 fully saturated rings. The number of hydrogen-bond donors (Lipinski definition) is 3. The van der Waals surface area contributed by atoms with Crippen molar-refractivity contribution in [2.24, 2.45) is 0 Å². The Morgan fingerprint density at radius 1 is 1.11 bits per heavy atom. The van der Waals surface area contributed by atoms with Gasteiger partial charge in [-0.1, -0.05) is 11.8 Å². The molecular weight excluding hydrogens is 392 g/mol. The number of nitrogens with one attached hydrogen (secondary N) is 1. The van der Waals surface area contributed by atoms with Crippen molar-refractivity contribution in [1.29, 1.82) is 0 Å². The van der Waals surface area contributed by atoms with E-state index >= 15 is 0 Å². The number of benzene rings is 2. The van der Waals surface area contributed by atoms with Crippen LogP contribution in [0, 0.1) is 11.6 Å². The Hall–Kier alpha value is -2.94. The van der Waals surface area contributed by atoms with Gasteiger partial charge in [0, 0.05) is 29.9 Å². The van der Waals surface area contributed by atoms with Crippen molar-refractivity contribution >= 4 is 28.8 Å². The summed E-state index contributed by atoms with van der Waals surface area (Å²) in [6.45, 7) is 1.19. The zero-order valence-corrected chi connectivity index (χ0v) is 15.6. The molecule has 2 aromatic rings. The van der Waals surface area contributed by atoms with Crippen LogP contribution in [0.15, 0.2) is 36.4 Å². The lowest BCUT2D eigenvalue weighted by atomic mass is 9.99. The Bertz CT molecular complexity index is 919. The molecule has 0 unspecified atom stereocenters. The Morgan fingerprint density at radius 2 is 1.79 bits per heavy atom. The number of thioether (sulfide) groups is 1. The maximum absolute atomic E-state index is 14.1. The standard InChI is InChI=1S/C19H17F2NO5S/c1-10(23)22-17(18(25)26)6-7-28-19(27)15-9-12(24)3-5-13(15)14-4-2-11(20)8-16(14)21/h2-5,8-9,17,24H,6-7H2,1H3,(H,22,23)(H,25,26)/t17-/m0/s1. The van der Waals surface area contributed by atoms with Crippen LogP contribution in [0.4, 0.5) is 8.78 Å². The van der Waals surface area contributed by atoms with E-state index in [9.17, 15) is 28.3 Å². The average molecular weight is 409 g/mol. The molecule has 6 nitrogen and oxygen atoms in total. The summed E-state index contributed by atoms with van der Waals surface area (Å²) in [5.74, 6) is -3.50. The molecule has 0 radical (unpaired) electrons. The number of carbonyl (C=O) groups is 3. The number of carbonyl (C=O) groups excluding carboxylic acids is 2. The fraction of sp³-hybridized carbons (Fsp3) is 0.211. The largest absolute Gasteiger partial charge is 0.508 e. The number of carboxylic acid groups (broad SMARTS) is 1. The molecule has 0 aliphatic rings. The zero-order valence-electron chi connectivity index (χ0n) is 14.7. The first-order valence-corrected chi connectivity index (χ1v) is 9.13. The summed E-state index contributed by atoms with van der Waals surface area (Å²) >= 11 is 0.768. The van der Waals surface area contributed by atoms with Crippen LogP contribution in [0.3, 0.4) is 0 Å². The highest BCUT2D eigenvalue weighted by atomic mass is 32.2. The highest BCUT2D eigenvalue weighted by molar-refractivity contribution is 8.14. The first-order valence-electron chi connectivity index (χ1n) is 8.14. The van der Waals surface area contributed by atoms with Crippen molar-refractivity contribution in [3.8, 4) is 16.9 Å². The number of aliphatic carboxylic acids is 1. The van der Waals surface area contributed by atoms with E-state index in [-0.39, 0.29) is 34.6 Å². The highest BCUT2D eigenvalue weighted by Crippen LogP contribution is 2.32. The molecule has 0 spiro atoms. The van der Waals surface area contributed by atoms with Crippen molar-refractivity contribution in [2.75, 3.05) is 5.75 Å². The van der Waals surface area contributed by atoms with E-state index in [1.54, 1.807) is 0 Å². The monoisotopic (exact) mass is 409 g/mol. The third-order valence-electron chi connectivity index (χ3n) is 3.76. The molecule has 28 heavy (non-hydrogen) atoms. The summed E-state index contributed by atoms with van der Waals surface area (Å²) in [5.41, 5.74) is 0.165. The number of aromatic hydroxyl groups is 1. The van der Waals surface area contributed by atoms with Crippen molar-refractivity contribution < 1.29 is 33.4 Å². The Morgan fingerprint density at radius 3 is 2.39 bits per heavy atom. The fourth-order valence-corrected chi connectivity index (χ4v) is 3.36. The topological polar surface area (TPSA) is 104 Å². The minimum absolute atomic E-state index is 0.00177. The van der Waals surface area contributed by atoms with Gasteiger partial charge < -0.3 is 15.5 Å². The molecular formula is C19H17F2NO5S. The van der Waals surface area contributed by atoms with E-state index in [1.807, 2.05) is 0 Å². The summed E-state index contributed by atoms with van der Waals surface area (Å²) in [7, 11) is 0. The molecule has 0 aromatic heterocycles. The fourth-order valence-electron chi connectivity index (χ4n) is 2.49. The van der Waals surface area contributed by atoms with Crippen LogP contribution in [0.5, 0.6) is 5.75 Å². The molecule has 9 heteroatoms. The third-order valence-corrected chi connectivity index (χ3v) is 4.68. The van der Waals surface area contributed by atoms with Gasteiger partial charge in [0.15, 0.2) is 0 Å². The minimum atomic E-state index is -1.23. The quantitative estimate of drug-likeness (QED) is 0.649. The molecule has 0 aliphatic carbocycles. The second kappa shape index (κ2) is 9.32. The predicted molar refractivity (Wildman–Crippen MR) is 100 cm³/mol. The lowest BCUT2D eigenvalue weighted by Crippen LogP contribution is -2.39. The van der Waals surface area contributed by atoms with Crippen LogP contribution in [-0.4, -0.2) is 39.0 Å².